The molecule has 2 aromatic carbocycles. The van der Waals surface area contributed by atoms with Gasteiger partial charge in [0.15, 0.2) is 0 Å². The number of hydrogen-bond donors (Lipinski definition) is 2. The predicted molar refractivity (Wildman–Crippen MR) is 115 cm³/mol. The van der Waals surface area contributed by atoms with Crippen LogP contribution in [0.5, 0.6) is 0 Å². The quantitative estimate of drug-likeness (QED) is 0.566. The Bertz CT molecular complexity index is 905. The van der Waals surface area contributed by atoms with Crippen LogP contribution in [0.15, 0.2) is 42.5 Å². The molecule has 1 fully saturated rings. The molecule has 3 rings (SSSR count). The van der Waals surface area contributed by atoms with Crippen LogP contribution in [-0.2, 0) is 16.0 Å². The molecule has 2 aromatic rings. The van der Waals surface area contributed by atoms with Gasteiger partial charge in [-0.15, -0.1) is 0 Å². The van der Waals surface area contributed by atoms with E-state index in [-0.39, 0.29) is 25.7 Å². The molecule has 8 heteroatoms. The summed E-state index contributed by atoms with van der Waals surface area (Å²) in [5, 5.41) is 5.79. The second-order valence-electron chi connectivity index (χ2n) is 7.46. The van der Waals surface area contributed by atoms with E-state index in [0.29, 0.717) is 24.2 Å². The van der Waals surface area contributed by atoms with Crippen LogP contribution in [0.3, 0.4) is 0 Å². The second-order valence-corrected chi connectivity index (χ2v) is 7.46. The van der Waals surface area contributed by atoms with E-state index in [1.807, 2.05) is 24.3 Å². The fourth-order valence-corrected chi connectivity index (χ4v) is 3.40. The van der Waals surface area contributed by atoms with E-state index in [4.69, 9.17) is 4.74 Å². The van der Waals surface area contributed by atoms with E-state index in [1.165, 1.54) is 17.9 Å². The van der Waals surface area contributed by atoms with Crippen molar-refractivity contribution in [1.29, 1.82) is 0 Å². The first kappa shape index (κ1) is 22.7. The Morgan fingerprint density at radius 2 is 1.97 bits per heavy atom. The summed E-state index contributed by atoms with van der Waals surface area (Å²) in [5.41, 5.74) is 2.70. The maximum Gasteiger partial charge on any atom is 0.414 e. The van der Waals surface area contributed by atoms with Crippen molar-refractivity contribution >= 4 is 17.7 Å². The molecule has 1 atom stereocenters. The normalized spacial score (nSPS) is 15.8. The Morgan fingerprint density at radius 1 is 1.19 bits per heavy atom. The number of hydrogen-bond acceptors (Lipinski definition) is 4. The number of rotatable bonds is 10. The lowest BCUT2D eigenvalue weighted by molar-refractivity contribution is -0.119. The van der Waals surface area contributed by atoms with Gasteiger partial charge in [0.2, 0.25) is 5.91 Å². The summed E-state index contributed by atoms with van der Waals surface area (Å²) in [6.07, 6.45) is 0.287. The molecule has 2 amide bonds. The van der Waals surface area contributed by atoms with E-state index < -0.39 is 18.0 Å². The fraction of sp³-hybridized carbons (Fsp3) is 0.391. The molecular formula is C23H27F2N3O3. The Balaban J connectivity index is 1.61. The van der Waals surface area contributed by atoms with Crippen LogP contribution in [0, 0.1) is 5.82 Å². The smallest absolute Gasteiger partial charge is 0.414 e. The standard InChI is InChI=1S/C23H27F2N3O3/c1-16(29)27-14-20-15-28(23(30)31-20)19-7-8-21(22(25)13-19)18-5-3-17(4-6-18)9-12-26-11-2-10-24/h3-8,13,20,26H,2,9-12,14-15H2,1H3,(H,27,29)/t20-/m0/s1. The summed E-state index contributed by atoms with van der Waals surface area (Å²) in [7, 11) is 0. The van der Waals surface area contributed by atoms with Gasteiger partial charge >= 0.3 is 6.09 Å². The number of carbonyl (C=O) groups excluding carboxylic acids is 2. The molecule has 2 N–H and O–H groups in total. The van der Waals surface area contributed by atoms with Crippen LogP contribution >= 0.6 is 0 Å². The first-order valence-corrected chi connectivity index (χ1v) is 10.4. The largest absolute Gasteiger partial charge is 0.442 e. The zero-order chi connectivity index (χ0) is 22.2. The number of ether oxygens (including phenoxy) is 1. The van der Waals surface area contributed by atoms with Crippen molar-refractivity contribution in [2.45, 2.75) is 25.9 Å². The summed E-state index contributed by atoms with van der Waals surface area (Å²) in [6.45, 7) is 2.95. The maximum absolute atomic E-state index is 14.8. The zero-order valence-corrected chi connectivity index (χ0v) is 17.5. The zero-order valence-electron chi connectivity index (χ0n) is 17.5. The van der Waals surface area contributed by atoms with Gasteiger partial charge < -0.3 is 15.4 Å². The van der Waals surface area contributed by atoms with Crippen molar-refractivity contribution in [3.8, 4) is 11.1 Å². The highest BCUT2D eigenvalue weighted by molar-refractivity contribution is 5.90. The van der Waals surface area contributed by atoms with Gasteiger partial charge in [0.05, 0.1) is 25.5 Å². The van der Waals surface area contributed by atoms with E-state index in [2.05, 4.69) is 10.6 Å². The molecule has 1 saturated heterocycles. The molecule has 1 aliphatic heterocycles. The van der Waals surface area contributed by atoms with Gasteiger partial charge in [-0.1, -0.05) is 24.3 Å². The Kier molecular flexibility index (Phi) is 7.94. The van der Waals surface area contributed by atoms with Crippen LogP contribution in [0.2, 0.25) is 0 Å². The van der Waals surface area contributed by atoms with Gasteiger partial charge in [0.1, 0.15) is 11.9 Å². The lowest BCUT2D eigenvalue weighted by atomic mass is 10.0. The van der Waals surface area contributed by atoms with E-state index in [1.54, 1.807) is 12.1 Å². The first-order valence-electron chi connectivity index (χ1n) is 10.4. The van der Waals surface area contributed by atoms with Crippen LogP contribution in [0.4, 0.5) is 19.3 Å². The Labute approximate surface area is 180 Å². The molecule has 1 aliphatic rings. The van der Waals surface area contributed by atoms with Crippen LogP contribution in [0.25, 0.3) is 11.1 Å². The third-order valence-corrected chi connectivity index (χ3v) is 5.06. The SMILES string of the molecule is CC(=O)NC[C@H]1CN(c2ccc(-c3ccc(CCNCCCF)cc3)c(F)c2)C(=O)O1. The Morgan fingerprint density at radius 3 is 2.65 bits per heavy atom. The molecule has 1 heterocycles. The highest BCUT2D eigenvalue weighted by Gasteiger charge is 2.32. The van der Waals surface area contributed by atoms with Gasteiger partial charge in [-0.3, -0.25) is 14.1 Å². The number of anilines is 1. The Hall–Kier alpha value is -3.00. The van der Waals surface area contributed by atoms with E-state index >= 15 is 0 Å². The summed E-state index contributed by atoms with van der Waals surface area (Å²) >= 11 is 0. The average Bonchev–Trinajstić information content (AvgIpc) is 3.13. The predicted octanol–water partition coefficient (Wildman–Crippen LogP) is 3.45. The molecule has 0 aliphatic carbocycles. The van der Waals surface area contributed by atoms with E-state index in [9.17, 15) is 18.4 Å². The number of nitrogens with one attached hydrogen (secondary N) is 2. The third-order valence-electron chi connectivity index (χ3n) is 5.06. The molecule has 0 radical (unpaired) electrons. The topological polar surface area (TPSA) is 70.7 Å². The van der Waals surface area contributed by atoms with Crippen LogP contribution < -0.4 is 15.5 Å². The molecule has 166 valence electrons. The molecule has 6 nitrogen and oxygen atoms in total. The minimum absolute atomic E-state index is 0.205. The lowest BCUT2D eigenvalue weighted by Gasteiger charge is -2.15. The monoisotopic (exact) mass is 431 g/mol. The molecular weight excluding hydrogens is 404 g/mol. The molecule has 0 bridgehead atoms. The number of halogens is 2. The molecule has 31 heavy (non-hydrogen) atoms. The van der Waals surface area contributed by atoms with Crippen molar-refractivity contribution in [3.63, 3.8) is 0 Å². The third kappa shape index (κ3) is 6.24. The summed E-state index contributed by atoms with van der Waals surface area (Å²) in [4.78, 5) is 24.5. The fourth-order valence-electron chi connectivity index (χ4n) is 3.40. The minimum Gasteiger partial charge on any atom is -0.442 e. The van der Waals surface area contributed by atoms with Gasteiger partial charge in [0, 0.05) is 12.5 Å². The van der Waals surface area contributed by atoms with Gasteiger partial charge in [-0.25, -0.2) is 9.18 Å². The van der Waals surface area contributed by atoms with Crippen molar-refractivity contribution in [1.82, 2.24) is 10.6 Å². The van der Waals surface area contributed by atoms with E-state index in [0.717, 1.165) is 24.1 Å². The van der Waals surface area contributed by atoms with Crippen molar-refractivity contribution in [2.75, 3.05) is 37.8 Å². The summed E-state index contributed by atoms with van der Waals surface area (Å²) in [5.74, 6) is -0.639. The highest BCUT2D eigenvalue weighted by Crippen LogP contribution is 2.29. The summed E-state index contributed by atoms with van der Waals surface area (Å²) in [6, 6.07) is 12.3. The number of nitrogens with zero attached hydrogens (tertiary/aromatic N) is 1. The van der Waals surface area contributed by atoms with Crippen LogP contribution in [0.1, 0.15) is 18.9 Å². The first-order chi connectivity index (χ1) is 15.0. The van der Waals surface area contributed by atoms with Gasteiger partial charge in [-0.2, -0.15) is 0 Å². The molecule has 0 unspecified atom stereocenters. The van der Waals surface area contributed by atoms with Gasteiger partial charge in [0.25, 0.3) is 0 Å². The van der Waals surface area contributed by atoms with Crippen molar-refractivity contribution in [2.24, 2.45) is 0 Å². The molecule has 0 saturated carbocycles. The minimum atomic E-state index is -0.563. The maximum atomic E-state index is 14.8. The number of cyclic esters (lactones) is 1. The molecule has 0 aromatic heterocycles. The van der Waals surface area contributed by atoms with Crippen LogP contribution in [-0.4, -0.2) is 51.0 Å². The number of carbonyl (C=O) groups is 2. The van der Waals surface area contributed by atoms with Crippen molar-refractivity contribution < 1.29 is 23.1 Å². The second kappa shape index (κ2) is 10.9. The van der Waals surface area contributed by atoms with Gasteiger partial charge in [-0.05, 0) is 55.3 Å². The summed E-state index contributed by atoms with van der Waals surface area (Å²) < 4.78 is 32.1. The lowest BCUT2D eigenvalue weighted by Crippen LogP contribution is -2.33. The number of amides is 2. The highest BCUT2D eigenvalue weighted by atomic mass is 19.1. The van der Waals surface area contributed by atoms with Crippen molar-refractivity contribution in [3.05, 3.63) is 53.8 Å². The molecule has 0 spiro atoms. The number of benzene rings is 2. The average molecular weight is 431 g/mol. The number of alkyl halides is 1.